The van der Waals surface area contributed by atoms with Crippen LogP contribution >= 0.6 is 12.2 Å². The normalized spacial score (nSPS) is 21.8. The number of aromatic nitrogens is 2. The molecule has 0 unspecified atom stereocenters. The van der Waals surface area contributed by atoms with Gasteiger partial charge in [0, 0.05) is 11.6 Å². The second-order valence-electron chi connectivity index (χ2n) is 4.11. The van der Waals surface area contributed by atoms with Crippen LogP contribution in [-0.2, 0) is 0 Å². The highest BCUT2D eigenvalue weighted by molar-refractivity contribution is 7.71. The Morgan fingerprint density at radius 1 is 1.23 bits per heavy atom. The van der Waals surface area contributed by atoms with Crippen molar-refractivity contribution in [2.45, 2.75) is 37.5 Å². The SMILES string of the molecule is S=c1cc(C2CC2)[nH]c(C2CC2)n1. The van der Waals surface area contributed by atoms with Crippen LogP contribution in [0.15, 0.2) is 6.07 Å². The summed E-state index contributed by atoms with van der Waals surface area (Å²) in [4.78, 5) is 7.80. The van der Waals surface area contributed by atoms with Crippen LogP contribution in [0.2, 0.25) is 0 Å². The monoisotopic (exact) mass is 192 g/mol. The van der Waals surface area contributed by atoms with Gasteiger partial charge in [-0.3, -0.25) is 0 Å². The van der Waals surface area contributed by atoms with Gasteiger partial charge in [0.05, 0.1) is 0 Å². The summed E-state index contributed by atoms with van der Waals surface area (Å²) in [6.07, 6.45) is 5.21. The first kappa shape index (κ1) is 7.68. The van der Waals surface area contributed by atoms with Crippen molar-refractivity contribution in [1.82, 2.24) is 9.97 Å². The van der Waals surface area contributed by atoms with Crippen molar-refractivity contribution in [3.63, 3.8) is 0 Å². The molecule has 13 heavy (non-hydrogen) atoms. The highest BCUT2D eigenvalue weighted by Gasteiger charge is 2.29. The standard InChI is InChI=1S/C10H12N2S/c13-9-5-8(6-1-2-6)11-10(12-9)7-3-4-7/h5-7H,1-4H2,(H,11,12,13). The Labute approximate surface area is 82.4 Å². The van der Waals surface area contributed by atoms with E-state index in [1.807, 2.05) is 6.07 Å². The second kappa shape index (κ2) is 2.64. The first-order chi connectivity index (χ1) is 6.33. The molecule has 0 amide bonds. The Morgan fingerprint density at radius 2 is 1.92 bits per heavy atom. The minimum atomic E-state index is 0.681. The fraction of sp³-hybridized carbons (Fsp3) is 0.600. The van der Waals surface area contributed by atoms with Gasteiger partial charge in [-0.15, -0.1) is 0 Å². The number of nitrogens with zero attached hydrogens (tertiary/aromatic N) is 1. The van der Waals surface area contributed by atoms with Gasteiger partial charge in [-0.05, 0) is 37.7 Å². The molecule has 1 N–H and O–H groups in total. The second-order valence-corrected chi connectivity index (χ2v) is 4.53. The number of nitrogens with one attached hydrogen (secondary N) is 1. The summed E-state index contributed by atoms with van der Waals surface area (Å²) in [5, 5.41) is 0. The quantitative estimate of drug-likeness (QED) is 0.730. The number of H-pyrrole nitrogens is 1. The van der Waals surface area contributed by atoms with Crippen LogP contribution < -0.4 is 0 Å². The van der Waals surface area contributed by atoms with Gasteiger partial charge in [0.2, 0.25) is 0 Å². The lowest BCUT2D eigenvalue weighted by atomic mass is 10.2. The van der Waals surface area contributed by atoms with Crippen LogP contribution in [0.5, 0.6) is 0 Å². The lowest BCUT2D eigenvalue weighted by Gasteiger charge is -2.02. The molecule has 3 rings (SSSR count). The van der Waals surface area contributed by atoms with Crippen molar-refractivity contribution in [2.24, 2.45) is 0 Å². The molecule has 0 spiro atoms. The first-order valence-electron chi connectivity index (χ1n) is 4.94. The first-order valence-corrected chi connectivity index (χ1v) is 5.35. The zero-order valence-corrected chi connectivity index (χ0v) is 8.23. The molecular weight excluding hydrogens is 180 g/mol. The molecule has 1 aromatic rings. The Bertz CT molecular complexity index is 355. The van der Waals surface area contributed by atoms with Crippen molar-refractivity contribution >= 4 is 12.2 Å². The molecule has 2 aliphatic carbocycles. The molecule has 0 radical (unpaired) electrons. The molecule has 2 aliphatic rings. The van der Waals surface area contributed by atoms with E-state index in [1.54, 1.807) is 0 Å². The topological polar surface area (TPSA) is 28.7 Å². The van der Waals surface area contributed by atoms with E-state index in [1.165, 1.54) is 31.4 Å². The molecule has 68 valence electrons. The Morgan fingerprint density at radius 3 is 2.54 bits per heavy atom. The third-order valence-corrected chi connectivity index (χ3v) is 2.97. The van der Waals surface area contributed by atoms with E-state index < -0.39 is 0 Å². The van der Waals surface area contributed by atoms with Gasteiger partial charge in [-0.1, -0.05) is 12.2 Å². The fourth-order valence-electron chi connectivity index (χ4n) is 1.66. The van der Waals surface area contributed by atoms with Crippen LogP contribution in [0, 0.1) is 4.64 Å². The van der Waals surface area contributed by atoms with Gasteiger partial charge in [0.1, 0.15) is 10.5 Å². The third-order valence-electron chi connectivity index (χ3n) is 2.76. The smallest absolute Gasteiger partial charge is 0.130 e. The molecule has 1 aromatic heterocycles. The minimum Gasteiger partial charge on any atom is -0.347 e. The third kappa shape index (κ3) is 1.53. The van der Waals surface area contributed by atoms with Crippen molar-refractivity contribution in [3.8, 4) is 0 Å². The van der Waals surface area contributed by atoms with E-state index in [4.69, 9.17) is 12.2 Å². The maximum absolute atomic E-state index is 5.15. The maximum atomic E-state index is 5.15. The summed E-state index contributed by atoms with van der Waals surface area (Å²) in [6.45, 7) is 0. The van der Waals surface area contributed by atoms with Gasteiger partial charge >= 0.3 is 0 Å². The van der Waals surface area contributed by atoms with Crippen LogP contribution in [0.25, 0.3) is 0 Å². The number of hydrogen-bond acceptors (Lipinski definition) is 2. The van der Waals surface area contributed by atoms with Crippen molar-refractivity contribution in [1.29, 1.82) is 0 Å². The zero-order valence-electron chi connectivity index (χ0n) is 7.42. The predicted molar refractivity (Wildman–Crippen MR) is 53.4 cm³/mol. The van der Waals surface area contributed by atoms with E-state index in [0.29, 0.717) is 5.92 Å². The average Bonchev–Trinajstić information content (AvgIpc) is 2.98. The molecule has 2 fully saturated rings. The molecule has 0 saturated heterocycles. The Hall–Kier alpha value is -0.700. The van der Waals surface area contributed by atoms with Crippen LogP contribution in [0.3, 0.4) is 0 Å². The van der Waals surface area contributed by atoms with Crippen LogP contribution in [0.4, 0.5) is 0 Å². The van der Waals surface area contributed by atoms with Crippen molar-refractivity contribution in [2.75, 3.05) is 0 Å². The van der Waals surface area contributed by atoms with E-state index in [-0.39, 0.29) is 0 Å². The zero-order chi connectivity index (χ0) is 8.84. The van der Waals surface area contributed by atoms with Gasteiger partial charge in [0.15, 0.2) is 0 Å². The van der Waals surface area contributed by atoms with Crippen LogP contribution in [-0.4, -0.2) is 9.97 Å². The van der Waals surface area contributed by atoms with E-state index >= 15 is 0 Å². The van der Waals surface area contributed by atoms with Gasteiger partial charge in [-0.25, -0.2) is 4.98 Å². The lowest BCUT2D eigenvalue weighted by molar-refractivity contribution is 0.867. The van der Waals surface area contributed by atoms with Crippen LogP contribution in [0.1, 0.15) is 49.0 Å². The van der Waals surface area contributed by atoms with E-state index in [2.05, 4.69) is 9.97 Å². The highest BCUT2D eigenvalue weighted by Crippen LogP contribution is 2.42. The van der Waals surface area contributed by atoms with Crippen molar-refractivity contribution in [3.05, 3.63) is 22.2 Å². The molecule has 2 saturated carbocycles. The highest BCUT2D eigenvalue weighted by atomic mass is 32.1. The average molecular weight is 192 g/mol. The number of aromatic amines is 1. The summed E-state index contributed by atoms with van der Waals surface area (Å²) >= 11 is 5.15. The van der Waals surface area contributed by atoms with E-state index in [9.17, 15) is 0 Å². The van der Waals surface area contributed by atoms with E-state index in [0.717, 1.165) is 16.4 Å². The fourth-order valence-corrected chi connectivity index (χ4v) is 1.89. The van der Waals surface area contributed by atoms with Gasteiger partial charge in [0.25, 0.3) is 0 Å². The lowest BCUT2D eigenvalue weighted by Crippen LogP contribution is -1.96. The van der Waals surface area contributed by atoms with Gasteiger partial charge in [-0.2, -0.15) is 0 Å². The summed E-state index contributed by atoms with van der Waals surface area (Å²) in [7, 11) is 0. The predicted octanol–water partition coefficient (Wildman–Crippen LogP) is 2.89. The molecule has 1 heterocycles. The minimum absolute atomic E-state index is 0.681. The molecule has 0 atom stereocenters. The molecular formula is C10H12N2S. The Balaban J connectivity index is 2.04. The summed E-state index contributed by atoms with van der Waals surface area (Å²) in [5.74, 6) is 2.57. The largest absolute Gasteiger partial charge is 0.347 e. The maximum Gasteiger partial charge on any atom is 0.130 e. The molecule has 2 nitrogen and oxygen atoms in total. The molecule has 0 bridgehead atoms. The number of rotatable bonds is 2. The molecule has 0 aromatic carbocycles. The van der Waals surface area contributed by atoms with Gasteiger partial charge < -0.3 is 4.98 Å². The molecule has 0 aliphatic heterocycles. The van der Waals surface area contributed by atoms with Crippen molar-refractivity contribution < 1.29 is 0 Å². The summed E-state index contributed by atoms with van der Waals surface area (Å²) in [5.41, 5.74) is 1.32. The summed E-state index contributed by atoms with van der Waals surface area (Å²) in [6, 6.07) is 2.03. The number of hydrogen-bond donors (Lipinski definition) is 1. The molecule has 3 heteroatoms. The summed E-state index contributed by atoms with van der Waals surface area (Å²) < 4.78 is 0.766. The Kier molecular flexibility index (Phi) is 1.56.